The third-order valence-electron chi connectivity index (χ3n) is 4.10. The highest BCUT2D eigenvalue weighted by Crippen LogP contribution is 2.37. The van der Waals surface area contributed by atoms with Gasteiger partial charge in [-0.05, 0) is 63.1 Å². The summed E-state index contributed by atoms with van der Waals surface area (Å²) in [4.78, 5) is 0. The molecular weight excluding hydrogens is 298 g/mol. The highest BCUT2D eigenvalue weighted by molar-refractivity contribution is 9.10. The lowest BCUT2D eigenvalue weighted by atomic mass is 9.84. The average Bonchev–Trinajstić information content (AvgIpc) is 2.81. The fourth-order valence-corrected chi connectivity index (χ4v) is 3.49. The van der Waals surface area contributed by atoms with Crippen LogP contribution >= 0.6 is 15.9 Å². The Bertz CT molecular complexity index is 402. The first kappa shape index (κ1) is 15.1. The molecule has 19 heavy (non-hydrogen) atoms. The van der Waals surface area contributed by atoms with Crippen LogP contribution in [0, 0.1) is 5.92 Å². The van der Waals surface area contributed by atoms with E-state index >= 15 is 0 Å². The molecule has 0 aliphatic heterocycles. The highest BCUT2D eigenvalue weighted by Gasteiger charge is 2.27. The molecule has 1 aliphatic carbocycles. The molecule has 0 amide bonds. The van der Waals surface area contributed by atoms with E-state index in [1.807, 2.05) is 0 Å². The largest absolute Gasteiger partial charge is 0.311 e. The summed E-state index contributed by atoms with van der Waals surface area (Å²) >= 11 is 3.61. The van der Waals surface area contributed by atoms with Crippen LogP contribution in [0.2, 0.25) is 0 Å². The molecule has 1 unspecified atom stereocenters. The van der Waals surface area contributed by atoms with Gasteiger partial charge in [-0.3, -0.25) is 0 Å². The SMILES string of the molecule is CC(C)(C)NCC(c1cccc(Br)c1)C1CCCC1. The standard InChI is InChI=1S/C17H26BrN/c1-17(2,3)19-12-16(13-7-4-5-8-13)14-9-6-10-15(18)11-14/h6,9-11,13,16,19H,4-5,7-8,12H2,1-3H3. The van der Waals surface area contributed by atoms with Gasteiger partial charge in [0.05, 0.1) is 0 Å². The number of nitrogens with one attached hydrogen (secondary N) is 1. The van der Waals surface area contributed by atoms with E-state index in [9.17, 15) is 0 Å². The minimum Gasteiger partial charge on any atom is -0.311 e. The number of halogens is 1. The Kier molecular flexibility index (Phi) is 5.08. The van der Waals surface area contributed by atoms with Crippen molar-refractivity contribution in [1.29, 1.82) is 0 Å². The van der Waals surface area contributed by atoms with E-state index in [-0.39, 0.29) is 5.54 Å². The van der Waals surface area contributed by atoms with Gasteiger partial charge in [0.15, 0.2) is 0 Å². The summed E-state index contributed by atoms with van der Waals surface area (Å²) in [5.41, 5.74) is 1.68. The smallest absolute Gasteiger partial charge is 0.0178 e. The van der Waals surface area contributed by atoms with Crippen LogP contribution in [-0.4, -0.2) is 12.1 Å². The first-order valence-corrected chi connectivity index (χ1v) is 8.25. The van der Waals surface area contributed by atoms with Crippen LogP contribution in [0.25, 0.3) is 0 Å². The monoisotopic (exact) mass is 323 g/mol. The first-order valence-electron chi connectivity index (χ1n) is 7.46. The van der Waals surface area contributed by atoms with Gasteiger partial charge in [-0.15, -0.1) is 0 Å². The first-order chi connectivity index (χ1) is 8.96. The van der Waals surface area contributed by atoms with Gasteiger partial charge in [0.2, 0.25) is 0 Å². The molecule has 1 aromatic carbocycles. The Labute approximate surface area is 126 Å². The molecule has 1 nitrogen and oxygen atoms in total. The fraction of sp³-hybridized carbons (Fsp3) is 0.647. The van der Waals surface area contributed by atoms with Crippen LogP contribution in [0.5, 0.6) is 0 Å². The predicted molar refractivity (Wildman–Crippen MR) is 86.6 cm³/mol. The van der Waals surface area contributed by atoms with Crippen molar-refractivity contribution in [2.75, 3.05) is 6.54 Å². The average molecular weight is 324 g/mol. The minimum absolute atomic E-state index is 0.197. The Morgan fingerprint density at radius 2 is 1.95 bits per heavy atom. The Balaban J connectivity index is 2.13. The van der Waals surface area contributed by atoms with Crippen molar-refractivity contribution in [3.8, 4) is 0 Å². The summed E-state index contributed by atoms with van der Waals surface area (Å²) in [7, 11) is 0. The maximum atomic E-state index is 3.70. The lowest BCUT2D eigenvalue weighted by Crippen LogP contribution is -2.39. The Morgan fingerprint density at radius 3 is 2.53 bits per heavy atom. The van der Waals surface area contributed by atoms with E-state index < -0.39 is 0 Å². The van der Waals surface area contributed by atoms with E-state index in [2.05, 4.69) is 66.3 Å². The van der Waals surface area contributed by atoms with E-state index in [1.165, 1.54) is 35.7 Å². The zero-order valence-electron chi connectivity index (χ0n) is 12.4. The van der Waals surface area contributed by atoms with E-state index in [4.69, 9.17) is 0 Å². The lowest BCUT2D eigenvalue weighted by Gasteiger charge is -2.29. The summed E-state index contributed by atoms with van der Waals surface area (Å²) in [6.45, 7) is 7.84. The molecule has 1 aromatic rings. The van der Waals surface area contributed by atoms with Crippen molar-refractivity contribution in [3.63, 3.8) is 0 Å². The molecular formula is C17H26BrN. The summed E-state index contributed by atoms with van der Waals surface area (Å²) in [6, 6.07) is 8.87. The van der Waals surface area contributed by atoms with Gasteiger partial charge in [-0.1, -0.05) is 40.9 Å². The molecule has 0 spiro atoms. The summed E-state index contributed by atoms with van der Waals surface area (Å²) < 4.78 is 1.20. The third-order valence-corrected chi connectivity index (χ3v) is 4.59. The van der Waals surface area contributed by atoms with E-state index in [1.54, 1.807) is 0 Å². The molecule has 0 saturated heterocycles. The molecule has 2 heteroatoms. The molecule has 0 heterocycles. The van der Waals surface area contributed by atoms with Crippen LogP contribution < -0.4 is 5.32 Å². The predicted octanol–water partition coefficient (Wildman–Crippen LogP) is 5.11. The normalized spacial score (nSPS) is 18.7. The number of hydrogen-bond acceptors (Lipinski definition) is 1. The summed E-state index contributed by atoms with van der Waals surface area (Å²) in [5, 5.41) is 3.70. The van der Waals surface area contributed by atoms with Crippen molar-refractivity contribution in [1.82, 2.24) is 5.32 Å². The van der Waals surface area contributed by atoms with Crippen molar-refractivity contribution < 1.29 is 0 Å². The van der Waals surface area contributed by atoms with E-state index in [0.717, 1.165) is 12.5 Å². The molecule has 2 rings (SSSR count). The molecule has 1 aliphatic rings. The highest BCUT2D eigenvalue weighted by atomic mass is 79.9. The van der Waals surface area contributed by atoms with Gasteiger partial charge in [0, 0.05) is 16.6 Å². The molecule has 1 fully saturated rings. The summed E-state index contributed by atoms with van der Waals surface area (Å²) in [5.74, 6) is 1.50. The van der Waals surface area contributed by atoms with Gasteiger partial charge in [0.1, 0.15) is 0 Å². The molecule has 1 N–H and O–H groups in total. The number of benzene rings is 1. The van der Waals surface area contributed by atoms with Crippen molar-refractivity contribution in [2.45, 2.75) is 57.9 Å². The minimum atomic E-state index is 0.197. The quantitative estimate of drug-likeness (QED) is 0.811. The second-order valence-corrected chi connectivity index (χ2v) is 7.75. The fourth-order valence-electron chi connectivity index (χ4n) is 3.07. The van der Waals surface area contributed by atoms with Crippen LogP contribution in [-0.2, 0) is 0 Å². The number of hydrogen-bond donors (Lipinski definition) is 1. The lowest BCUT2D eigenvalue weighted by molar-refractivity contribution is 0.351. The topological polar surface area (TPSA) is 12.0 Å². The second kappa shape index (κ2) is 6.41. The van der Waals surface area contributed by atoms with Crippen molar-refractivity contribution >= 4 is 15.9 Å². The molecule has 1 saturated carbocycles. The van der Waals surface area contributed by atoms with Crippen LogP contribution in [0.1, 0.15) is 57.9 Å². The van der Waals surface area contributed by atoms with Crippen molar-refractivity contribution in [3.05, 3.63) is 34.3 Å². The van der Waals surface area contributed by atoms with Crippen LogP contribution in [0.3, 0.4) is 0 Å². The Hall–Kier alpha value is -0.340. The zero-order chi connectivity index (χ0) is 13.9. The van der Waals surface area contributed by atoms with Gasteiger partial charge in [0.25, 0.3) is 0 Å². The van der Waals surface area contributed by atoms with Gasteiger partial charge in [-0.25, -0.2) is 0 Å². The van der Waals surface area contributed by atoms with E-state index in [0.29, 0.717) is 5.92 Å². The maximum Gasteiger partial charge on any atom is 0.0178 e. The van der Waals surface area contributed by atoms with Crippen LogP contribution in [0.4, 0.5) is 0 Å². The molecule has 0 radical (unpaired) electrons. The molecule has 1 atom stereocenters. The number of rotatable bonds is 4. The zero-order valence-corrected chi connectivity index (χ0v) is 14.0. The van der Waals surface area contributed by atoms with Gasteiger partial charge in [-0.2, -0.15) is 0 Å². The third kappa shape index (κ3) is 4.61. The van der Waals surface area contributed by atoms with Crippen molar-refractivity contribution in [2.24, 2.45) is 5.92 Å². The van der Waals surface area contributed by atoms with Gasteiger partial charge < -0.3 is 5.32 Å². The second-order valence-electron chi connectivity index (χ2n) is 6.84. The van der Waals surface area contributed by atoms with Crippen LogP contribution in [0.15, 0.2) is 28.7 Å². The maximum absolute atomic E-state index is 3.70. The molecule has 0 aromatic heterocycles. The molecule has 0 bridgehead atoms. The summed E-state index contributed by atoms with van der Waals surface area (Å²) in [6.07, 6.45) is 5.60. The van der Waals surface area contributed by atoms with Gasteiger partial charge >= 0.3 is 0 Å². The molecule has 106 valence electrons. The Morgan fingerprint density at radius 1 is 1.26 bits per heavy atom.